The molecule has 0 aliphatic rings. The highest BCUT2D eigenvalue weighted by atomic mass is 35.5. The minimum absolute atomic E-state index is 0.137. The van der Waals surface area contributed by atoms with Crippen LogP contribution in [0.1, 0.15) is 12.2 Å². The summed E-state index contributed by atoms with van der Waals surface area (Å²) in [5, 5.41) is 17.1. The van der Waals surface area contributed by atoms with E-state index >= 15 is 0 Å². The molecular formula is C8H9ClN4O. The van der Waals surface area contributed by atoms with E-state index in [0.29, 0.717) is 23.6 Å². The molecule has 74 valence electrons. The van der Waals surface area contributed by atoms with Gasteiger partial charge in [0.05, 0.1) is 12.4 Å². The lowest BCUT2D eigenvalue weighted by Crippen LogP contribution is -1.98. The number of rotatable bonds is 3. The minimum Gasteiger partial charge on any atom is -0.396 e. The van der Waals surface area contributed by atoms with Gasteiger partial charge in [-0.1, -0.05) is 11.6 Å². The van der Waals surface area contributed by atoms with Gasteiger partial charge >= 0.3 is 0 Å². The van der Waals surface area contributed by atoms with Crippen LogP contribution in [0.3, 0.4) is 0 Å². The topological polar surface area (TPSA) is 63.3 Å². The van der Waals surface area contributed by atoms with Crippen molar-refractivity contribution in [1.29, 1.82) is 0 Å². The number of aliphatic hydroxyl groups excluding tert-OH is 1. The Morgan fingerprint density at radius 1 is 1.36 bits per heavy atom. The standard InChI is InChI=1S/C8H9ClN4O/c9-6-4-10-5-8-12-11-7(13(6)8)2-1-3-14/h4-5,14H,1-3H2. The molecule has 6 heteroatoms. The Morgan fingerprint density at radius 3 is 3.00 bits per heavy atom. The highest BCUT2D eigenvalue weighted by Gasteiger charge is 2.07. The van der Waals surface area contributed by atoms with Crippen LogP contribution in [0.4, 0.5) is 0 Å². The molecule has 0 saturated carbocycles. The summed E-state index contributed by atoms with van der Waals surface area (Å²) in [6, 6.07) is 0. The maximum absolute atomic E-state index is 8.70. The predicted octanol–water partition coefficient (Wildman–Crippen LogP) is 0.703. The van der Waals surface area contributed by atoms with Crippen molar-refractivity contribution in [1.82, 2.24) is 19.6 Å². The van der Waals surface area contributed by atoms with Gasteiger partial charge in [0, 0.05) is 13.0 Å². The predicted molar refractivity (Wildman–Crippen MR) is 51.2 cm³/mol. The SMILES string of the molecule is OCCCc1nnc2cncc(Cl)n12. The van der Waals surface area contributed by atoms with Crippen LogP contribution in [0.15, 0.2) is 12.4 Å². The van der Waals surface area contributed by atoms with E-state index in [4.69, 9.17) is 16.7 Å². The van der Waals surface area contributed by atoms with Gasteiger partial charge in [-0.05, 0) is 6.42 Å². The summed E-state index contributed by atoms with van der Waals surface area (Å²) in [5.41, 5.74) is 0.630. The molecular weight excluding hydrogens is 204 g/mol. The van der Waals surface area contributed by atoms with Gasteiger partial charge in [0.15, 0.2) is 5.65 Å². The van der Waals surface area contributed by atoms with Crippen molar-refractivity contribution >= 4 is 17.2 Å². The molecule has 2 aromatic rings. The molecule has 2 rings (SSSR count). The minimum atomic E-state index is 0.137. The van der Waals surface area contributed by atoms with Crippen molar-refractivity contribution in [3.05, 3.63) is 23.4 Å². The van der Waals surface area contributed by atoms with Gasteiger partial charge in [-0.15, -0.1) is 10.2 Å². The maximum Gasteiger partial charge on any atom is 0.180 e. The number of fused-ring (bicyclic) bond motifs is 1. The third-order valence-electron chi connectivity index (χ3n) is 1.90. The van der Waals surface area contributed by atoms with Crippen molar-refractivity contribution in [3.8, 4) is 0 Å². The molecule has 2 heterocycles. The number of aryl methyl sites for hydroxylation is 1. The van der Waals surface area contributed by atoms with Gasteiger partial charge in [-0.2, -0.15) is 0 Å². The van der Waals surface area contributed by atoms with Crippen LogP contribution in [0.5, 0.6) is 0 Å². The molecule has 0 amide bonds. The maximum atomic E-state index is 8.70. The molecule has 1 N–H and O–H groups in total. The number of hydrogen-bond donors (Lipinski definition) is 1. The average molecular weight is 213 g/mol. The molecule has 0 spiro atoms. The Kier molecular flexibility index (Phi) is 2.60. The molecule has 0 aliphatic carbocycles. The van der Waals surface area contributed by atoms with Crippen LogP contribution in [0, 0.1) is 0 Å². The van der Waals surface area contributed by atoms with E-state index < -0.39 is 0 Å². The van der Waals surface area contributed by atoms with Gasteiger partial charge in [0.25, 0.3) is 0 Å². The van der Waals surface area contributed by atoms with E-state index in [0.717, 1.165) is 5.82 Å². The second-order valence-corrected chi connectivity index (χ2v) is 3.25. The lowest BCUT2D eigenvalue weighted by Gasteiger charge is -1.99. The van der Waals surface area contributed by atoms with Crippen LogP contribution in [0.2, 0.25) is 5.15 Å². The second-order valence-electron chi connectivity index (χ2n) is 2.87. The highest BCUT2D eigenvalue weighted by Crippen LogP contribution is 2.12. The summed E-state index contributed by atoms with van der Waals surface area (Å²) < 4.78 is 1.73. The van der Waals surface area contributed by atoms with Gasteiger partial charge in [0.2, 0.25) is 0 Å². The summed E-state index contributed by atoms with van der Waals surface area (Å²) in [7, 11) is 0. The van der Waals surface area contributed by atoms with Gasteiger partial charge in [-0.25, -0.2) is 0 Å². The van der Waals surface area contributed by atoms with Crippen LogP contribution in [-0.4, -0.2) is 31.3 Å². The first kappa shape index (κ1) is 9.36. The Balaban J connectivity index is 2.45. The average Bonchev–Trinajstić information content (AvgIpc) is 2.59. The number of aliphatic hydroxyl groups is 1. The Labute approximate surface area is 85.4 Å². The molecule has 0 aliphatic heterocycles. The monoisotopic (exact) mass is 212 g/mol. The molecule has 0 bridgehead atoms. The van der Waals surface area contributed by atoms with Gasteiger partial charge < -0.3 is 5.11 Å². The fourth-order valence-corrected chi connectivity index (χ4v) is 1.51. The van der Waals surface area contributed by atoms with E-state index in [1.54, 1.807) is 16.8 Å². The number of halogens is 1. The summed E-state index contributed by atoms with van der Waals surface area (Å²) in [4.78, 5) is 3.90. The fourth-order valence-electron chi connectivity index (χ4n) is 1.27. The first-order valence-corrected chi connectivity index (χ1v) is 4.65. The van der Waals surface area contributed by atoms with Crippen molar-refractivity contribution < 1.29 is 5.11 Å². The smallest absolute Gasteiger partial charge is 0.180 e. The Hall–Kier alpha value is -1.20. The van der Waals surface area contributed by atoms with Crippen LogP contribution >= 0.6 is 11.6 Å². The van der Waals surface area contributed by atoms with Crippen LogP contribution < -0.4 is 0 Å². The third kappa shape index (κ3) is 1.56. The third-order valence-corrected chi connectivity index (χ3v) is 2.16. The van der Waals surface area contributed by atoms with Gasteiger partial charge in [0.1, 0.15) is 11.0 Å². The lowest BCUT2D eigenvalue weighted by atomic mass is 10.3. The Morgan fingerprint density at radius 2 is 2.21 bits per heavy atom. The second kappa shape index (κ2) is 3.89. The fraction of sp³-hybridized carbons (Fsp3) is 0.375. The summed E-state index contributed by atoms with van der Waals surface area (Å²) in [6.45, 7) is 0.137. The normalized spacial score (nSPS) is 11.0. The molecule has 0 aromatic carbocycles. The zero-order chi connectivity index (χ0) is 9.97. The van der Waals surface area contributed by atoms with Crippen molar-refractivity contribution in [2.45, 2.75) is 12.8 Å². The number of nitrogens with zero attached hydrogens (tertiary/aromatic N) is 4. The molecule has 0 atom stereocenters. The van der Waals surface area contributed by atoms with Crippen LogP contribution in [-0.2, 0) is 6.42 Å². The number of aromatic nitrogens is 4. The van der Waals surface area contributed by atoms with Crippen molar-refractivity contribution in [2.75, 3.05) is 6.61 Å². The Bertz CT molecular complexity index is 442. The molecule has 5 nitrogen and oxygen atoms in total. The molecule has 0 radical (unpaired) electrons. The molecule has 0 fully saturated rings. The molecule has 2 aromatic heterocycles. The van der Waals surface area contributed by atoms with Gasteiger partial charge in [-0.3, -0.25) is 9.38 Å². The summed E-state index contributed by atoms with van der Waals surface area (Å²) in [5.74, 6) is 0.751. The highest BCUT2D eigenvalue weighted by molar-refractivity contribution is 6.29. The zero-order valence-corrected chi connectivity index (χ0v) is 8.15. The zero-order valence-electron chi connectivity index (χ0n) is 7.39. The summed E-state index contributed by atoms with van der Waals surface area (Å²) in [6.07, 6.45) is 4.45. The van der Waals surface area contributed by atoms with E-state index in [2.05, 4.69) is 15.2 Å². The first-order valence-electron chi connectivity index (χ1n) is 4.27. The van der Waals surface area contributed by atoms with E-state index in [1.807, 2.05) is 0 Å². The summed E-state index contributed by atoms with van der Waals surface area (Å²) >= 11 is 5.94. The lowest BCUT2D eigenvalue weighted by molar-refractivity contribution is 0.287. The van der Waals surface area contributed by atoms with Crippen molar-refractivity contribution in [3.63, 3.8) is 0 Å². The quantitative estimate of drug-likeness (QED) is 0.814. The molecule has 0 unspecified atom stereocenters. The first-order chi connectivity index (χ1) is 6.83. The number of hydrogen-bond acceptors (Lipinski definition) is 4. The van der Waals surface area contributed by atoms with E-state index in [1.165, 1.54) is 0 Å². The molecule has 0 saturated heterocycles. The largest absolute Gasteiger partial charge is 0.396 e. The van der Waals surface area contributed by atoms with E-state index in [-0.39, 0.29) is 6.61 Å². The van der Waals surface area contributed by atoms with Crippen LogP contribution in [0.25, 0.3) is 5.65 Å². The van der Waals surface area contributed by atoms with E-state index in [9.17, 15) is 0 Å². The molecule has 14 heavy (non-hydrogen) atoms. The van der Waals surface area contributed by atoms with Crippen molar-refractivity contribution in [2.24, 2.45) is 0 Å².